The van der Waals surface area contributed by atoms with Gasteiger partial charge < -0.3 is 9.84 Å². The van der Waals surface area contributed by atoms with E-state index in [0.29, 0.717) is 17.4 Å². The van der Waals surface area contributed by atoms with E-state index in [2.05, 4.69) is 4.74 Å². The highest BCUT2D eigenvalue weighted by Crippen LogP contribution is 2.29. The maximum absolute atomic E-state index is 12.0. The van der Waals surface area contributed by atoms with Gasteiger partial charge in [-0.3, -0.25) is 4.79 Å². The van der Waals surface area contributed by atoms with Crippen LogP contribution in [0.4, 0.5) is 0 Å². The van der Waals surface area contributed by atoms with Gasteiger partial charge in [-0.05, 0) is 11.1 Å². The molecule has 1 N–H and O–H groups in total. The second kappa shape index (κ2) is 6.00. The molecule has 0 saturated heterocycles. The summed E-state index contributed by atoms with van der Waals surface area (Å²) in [5.41, 5.74) is 0.532. The Morgan fingerprint density at radius 3 is 2.24 bits per heavy atom. The summed E-state index contributed by atoms with van der Waals surface area (Å²) in [6.07, 6.45) is 0.407. The molecular weight excluding hydrogens is 272 g/mol. The van der Waals surface area contributed by atoms with Crippen molar-refractivity contribution in [1.82, 2.24) is 0 Å². The lowest BCUT2D eigenvalue weighted by molar-refractivity contribution is 0.0583. The monoisotopic (exact) mass is 284 g/mol. The topological polar surface area (TPSA) is 80.7 Å². The second-order valence-electron chi connectivity index (χ2n) is 4.23. The van der Waals surface area contributed by atoms with Crippen molar-refractivity contribution in [2.45, 2.75) is 0 Å². The van der Waals surface area contributed by atoms with Crippen LogP contribution in [0.25, 0.3) is 11.1 Å². The number of esters is 1. The Bertz CT molecular complexity index is 704. The van der Waals surface area contributed by atoms with Crippen LogP contribution in [0.3, 0.4) is 0 Å². The lowest BCUT2D eigenvalue weighted by atomic mass is 9.92. The first-order valence-corrected chi connectivity index (χ1v) is 6.09. The van der Waals surface area contributed by atoms with Crippen LogP contribution < -0.4 is 0 Å². The van der Waals surface area contributed by atoms with E-state index in [1.165, 1.54) is 12.1 Å². The van der Waals surface area contributed by atoms with E-state index in [1.54, 1.807) is 30.3 Å². The molecule has 0 bridgehead atoms. The fourth-order valence-corrected chi connectivity index (χ4v) is 2.12. The van der Waals surface area contributed by atoms with Gasteiger partial charge in [-0.25, -0.2) is 9.59 Å². The number of aromatic carboxylic acids is 1. The van der Waals surface area contributed by atoms with Crippen LogP contribution in [0.2, 0.25) is 0 Å². The van der Waals surface area contributed by atoms with E-state index < -0.39 is 11.9 Å². The van der Waals surface area contributed by atoms with E-state index >= 15 is 0 Å². The van der Waals surface area contributed by atoms with Crippen LogP contribution in [0, 0.1) is 0 Å². The van der Waals surface area contributed by atoms with Crippen LogP contribution in [-0.4, -0.2) is 30.4 Å². The number of carbonyl (C=O) groups excluding carboxylic acids is 2. The smallest absolute Gasteiger partial charge is 0.339 e. The first-order valence-electron chi connectivity index (χ1n) is 6.09. The van der Waals surface area contributed by atoms with Gasteiger partial charge in [0.2, 0.25) is 0 Å². The molecule has 2 aromatic rings. The van der Waals surface area contributed by atoms with Crippen molar-refractivity contribution in [3.63, 3.8) is 0 Å². The van der Waals surface area contributed by atoms with Crippen LogP contribution in [0.5, 0.6) is 0 Å². The molecule has 0 aromatic heterocycles. The molecule has 5 nitrogen and oxygen atoms in total. The van der Waals surface area contributed by atoms with Crippen molar-refractivity contribution in [2.75, 3.05) is 7.11 Å². The Balaban J connectivity index is 2.83. The quantitative estimate of drug-likeness (QED) is 0.689. The molecule has 0 aliphatic carbocycles. The van der Waals surface area contributed by atoms with Crippen molar-refractivity contribution in [3.8, 4) is 11.1 Å². The van der Waals surface area contributed by atoms with Gasteiger partial charge >= 0.3 is 11.9 Å². The summed E-state index contributed by atoms with van der Waals surface area (Å²) in [5, 5.41) is 9.33. The summed E-state index contributed by atoms with van der Waals surface area (Å²) < 4.78 is 4.67. The molecule has 106 valence electrons. The van der Waals surface area contributed by atoms with E-state index in [1.807, 2.05) is 0 Å². The van der Waals surface area contributed by atoms with Gasteiger partial charge in [0.05, 0.1) is 18.2 Å². The summed E-state index contributed by atoms with van der Waals surface area (Å²) in [4.78, 5) is 34.5. The van der Waals surface area contributed by atoms with Crippen molar-refractivity contribution in [1.29, 1.82) is 0 Å². The normalized spacial score (nSPS) is 9.95. The molecule has 0 spiro atoms. The van der Waals surface area contributed by atoms with E-state index in [0.717, 1.165) is 7.11 Å². The third-order valence-corrected chi connectivity index (χ3v) is 3.05. The fourth-order valence-electron chi connectivity index (χ4n) is 2.12. The largest absolute Gasteiger partial charge is 0.478 e. The van der Waals surface area contributed by atoms with Crippen LogP contribution in [-0.2, 0) is 4.74 Å². The zero-order chi connectivity index (χ0) is 15.4. The second-order valence-corrected chi connectivity index (χ2v) is 4.23. The summed E-state index contributed by atoms with van der Waals surface area (Å²) >= 11 is 0. The number of aldehydes is 1. The van der Waals surface area contributed by atoms with Crippen LogP contribution >= 0.6 is 0 Å². The molecular formula is C16H12O5. The lowest BCUT2D eigenvalue weighted by Gasteiger charge is -2.12. The summed E-state index contributed by atoms with van der Waals surface area (Å²) in [6, 6.07) is 11.7. The van der Waals surface area contributed by atoms with E-state index in [-0.39, 0.29) is 16.7 Å². The SMILES string of the molecule is COC(=O)c1c(-c2ccccc2)ccc(C=O)c1C(=O)O. The predicted molar refractivity (Wildman–Crippen MR) is 75.6 cm³/mol. The Morgan fingerprint density at radius 1 is 1.05 bits per heavy atom. The van der Waals surface area contributed by atoms with Crippen molar-refractivity contribution >= 4 is 18.2 Å². The number of carbonyl (C=O) groups is 3. The van der Waals surface area contributed by atoms with Gasteiger partial charge in [-0.1, -0.05) is 42.5 Å². The number of carboxylic acids is 1. The Hall–Kier alpha value is -2.95. The van der Waals surface area contributed by atoms with E-state index in [9.17, 15) is 19.5 Å². The van der Waals surface area contributed by atoms with Gasteiger partial charge in [-0.15, -0.1) is 0 Å². The molecule has 0 saturated carbocycles. The first-order chi connectivity index (χ1) is 10.1. The maximum Gasteiger partial charge on any atom is 0.339 e. The number of rotatable bonds is 4. The molecule has 0 aliphatic heterocycles. The Morgan fingerprint density at radius 2 is 1.71 bits per heavy atom. The van der Waals surface area contributed by atoms with Crippen molar-refractivity contribution < 1.29 is 24.2 Å². The lowest BCUT2D eigenvalue weighted by Crippen LogP contribution is -2.14. The highest BCUT2D eigenvalue weighted by molar-refractivity contribution is 6.11. The van der Waals surface area contributed by atoms with Gasteiger partial charge in [0.1, 0.15) is 0 Å². The maximum atomic E-state index is 12.0. The predicted octanol–water partition coefficient (Wildman–Crippen LogP) is 2.65. The van der Waals surface area contributed by atoms with Crippen molar-refractivity contribution in [2.24, 2.45) is 0 Å². The average molecular weight is 284 g/mol. The fraction of sp³-hybridized carbons (Fsp3) is 0.0625. The molecule has 2 aromatic carbocycles. The first kappa shape index (κ1) is 14.5. The minimum absolute atomic E-state index is 0.0671. The van der Waals surface area contributed by atoms with Gasteiger partial charge in [0.15, 0.2) is 6.29 Å². The number of hydrogen-bond acceptors (Lipinski definition) is 4. The molecule has 0 radical (unpaired) electrons. The summed E-state index contributed by atoms with van der Waals surface area (Å²) in [6.45, 7) is 0. The molecule has 0 unspecified atom stereocenters. The van der Waals surface area contributed by atoms with Crippen LogP contribution in [0.15, 0.2) is 42.5 Å². The molecule has 5 heteroatoms. The molecule has 0 amide bonds. The zero-order valence-corrected chi connectivity index (χ0v) is 11.2. The minimum Gasteiger partial charge on any atom is -0.478 e. The third-order valence-electron chi connectivity index (χ3n) is 3.05. The minimum atomic E-state index is -1.35. The molecule has 0 atom stereocenters. The molecule has 21 heavy (non-hydrogen) atoms. The molecule has 0 heterocycles. The standard InChI is InChI=1S/C16H12O5/c1-21-16(20)14-12(10-5-3-2-4-6-10)8-7-11(9-17)13(14)15(18)19/h2-9H,1H3,(H,18,19). The van der Waals surface area contributed by atoms with Crippen molar-refractivity contribution in [3.05, 3.63) is 59.2 Å². The Kier molecular flexibility index (Phi) is 4.13. The van der Waals surface area contributed by atoms with Gasteiger partial charge in [0, 0.05) is 5.56 Å². The van der Waals surface area contributed by atoms with Crippen LogP contribution in [0.1, 0.15) is 31.1 Å². The highest BCUT2D eigenvalue weighted by atomic mass is 16.5. The van der Waals surface area contributed by atoms with Gasteiger partial charge in [0.25, 0.3) is 0 Å². The third kappa shape index (κ3) is 2.67. The molecule has 0 fully saturated rings. The summed E-state index contributed by atoms with van der Waals surface area (Å²) in [5.74, 6) is -2.15. The number of methoxy groups -OCH3 is 1. The number of ether oxygens (including phenoxy) is 1. The van der Waals surface area contributed by atoms with E-state index in [4.69, 9.17) is 0 Å². The average Bonchev–Trinajstić information content (AvgIpc) is 2.53. The van der Waals surface area contributed by atoms with Gasteiger partial charge in [-0.2, -0.15) is 0 Å². The zero-order valence-electron chi connectivity index (χ0n) is 11.2. The summed E-state index contributed by atoms with van der Waals surface area (Å²) in [7, 11) is 1.16. The number of carboxylic acid groups (broad SMARTS) is 1. The number of benzene rings is 2. The highest BCUT2D eigenvalue weighted by Gasteiger charge is 2.25. The molecule has 0 aliphatic rings. The number of hydrogen-bond donors (Lipinski definition) is 1. The Labute approximate surface area is 120 Å². The molecule has 2 rings (SSSR count).